The van der Waals surface area contributed by atoms with Crippen LogP contribution in [0.15, 0.2) is 12.1 Å². The lowest BCUT2D eigenvalue weighted by molar-refractivity contribution is 0.302. The molecule has 1 aromatic carbocycles. The highest BCUT2D eigenvalue weighted by Crippen LogP contribution is 2.36. The van der Waals surface area contributed by atoms with Gasteiger partial charge in [-0.05, 0) is 37.7 Å². The van der Waals surface area contributed by atoms with Crippen LogP contribution in [0.25, 0.3) is 0 Å². The van der Waals surface area contributed by atoms with Gasteiger partial charge in [-0.1, -0.05) is 25.4 Å². The highest BCUT2D eigenvalue weighted by atomic mass is 35.5. The van der Waals surface area contributed by atoms with Crippen LogP contribution >= 0.6 is 11.6 Å². The molecule has 0 saturated carbocycles. The minimum absolute atomic E-state index is 0.567. The first-order chi connectivity index (χ1) is 10.2. The molecule has 5 heteroatoms. The lowest BCUT2D eigenvalue weighted by Crippen LogP contribution is -2.31. The zero-order valence-corrected chi connectivity index (χ0v) is 14.3. The quantitative estimate of drug-likeness (QED) is 0.673. The molecule has 0 bridgehead atoms. The smallest absolute Gasteiger partial charge is 0.179 e. The fourth-order valence-corrected chi connectivity index (χ4v) is 2.46. The molecule has 0 aromatic heterocycles. The maximum absolute atomic E-state index is 6.26. The Bertz CT molecular complexity index is 423. The van der Waals surface area contributed by atoms with Gasteiger partial charge in [-0.15, -0.1) is 0 Å². The number of likely N-dealkylation sites (N-methyl/N-ethyl adjacent to an activating group) is 1. The first-order valence-electron chi connectivity index (χ1n) is 7.58. The average molecular weight is 315 g/mol. The van der Waals surface area contributed by atoms with Crippen LogP contribution in [0.2, 0.25) is 5.02 Å². The maximum Gasteiger partial charge on any atom is 0.179 e. The highest BCUT2D eigenvalue weighted by molar-refractivity contribution is 6.32. The number of methoxy groups -OCH3 is 1. The Balaban J connectivity index is 2.58. The third-order valence-electron chi connectivity index (χ3n) is 3.41. The van der Waals surface area contributed by atoms with E-state index in [1.165, 1.54) is 0 Å². The second kappa shape index (κ2) is 9.87. The van der Waals surface area contributed by atoms with Crippen molar-refractivity contribution in [2.24, 2.45) is 0 Å². The molecule has 0 amide bonds. The predicted octanol–water partition coefficient (Wildman–Crippen LogP) is 3.18. The summed E-state index contributed by atoms with van der Waals surface area (Å²) in [6.45, 7) is 11.8. The van der Waals surface area contributed by atoms with E-state index in [4.69, 9.17) is 21.1 Å². The van der Waals surface area contributed by atoms with Crippen molar-refractivity contribution in [2.45, 2.75) is 27.3 Å². The van der Waals surface area contributed by atoms with Crippen molar-refractivity contribution in [3.8, 4) is 11.5 Å². The van der Waals surface area contributed by atoms with E-state index in [0.717, 1.165) is 38.3 Å². The normalized spacial score (nSPS) is 11.0. The van der Waals surface area contributed by atoms with E-state index >= 15 is 0 Å². The van der Waals surface area contributed by atoms with E-state index in [1.54, 1.807) is 7.11 Å². The van der Waals surface area contributed by atoms with Gasteiger partial charge in [-0.2, -0.15) is 0 Å². The lowest BCUT2D eigenvalue weighted by Gasteiger charge is -2.18. The SMILES string of the molecule is CCOc1c(Cl)cc(CNCCN(CC)CC)cc1OC. The second-order valence-corrected chi connectivity index (χ2v) is 5.15. The third kappa shape index (κ3) is 5.73. The van der Waals surface area contributed by atoms with E-state index in [2.05, 4.69) is 24.1 Å². The first kappa shape index (κ1) is 18.1. The van der Waals surface area contributed by atoms with Gasteiger partial charge >= 0.3 is 0 Å². The molecule has 4 nitrogen and oxygen atoms in total. The second-order valence-electron chi connectivity index (χ2n) is 4.75. The van der Waals surface area contributed by atoms with E-state index in [-0.39, 0.29) is 0 Å². The molecular formula is C16H27ClN2O2. The number of hydrogen-bond donors (Lipinski definition) is 1. The molecule has 1 rings (SSSR count). The first-order valence-corrected chi connectivity index (χ1v) is 7.96. The number of hydrogen-bond acceptors (Lipinski definition) is 4. The number of rotatable bonds is 10. The fraction of sp³-hybridized carbons (Fsp3) is 0.625. The molecule has 0 spiro atoms. The van der Waals surface area contributed by atoms with E-state index in [0.29, 0.717) is 23.1 Å². The minimum Gasteiger partial charge on any atom is -0.493 e. The Morgan fingerprint density at radius 2 is 1.90 bits per heavy atom. The summed E-state index contributed by atoms with van der Waals surface area (Å²) in [5, 5.41) is 4.03. The molecule has 0 fully saturated rings. The minimum atomic E-state index is 0.567. The summed E-state index contributed by atoms with van der Waals surface area (Å²) in [7, 11) is 1.63. The van der Waals surface area contributed by atoms with Crippen molar-refractivity contribution in [1.29, 1.82) is 0 Å². The van der Waals surface area contributed by atoms with E-state index in [9.17, 15) is 0 Å². The molecule has 0 aliphatic carbocycles. The fourth-order valence-electron chi connectivity index (χ4n) is 2.17. The van der Waals surface area contributed by atoms with Crippen molar-refractivity contribution >= 4 is 11.6 Å². The monoisotopic (exact) mass is 314 g/mol. The zero-order valence-electron chi connectivity index (χ0n) is 13.5. The summed E-state index contributed by atoms with van der Waals surface area (Å²) in [5.41, 5.74) is 1.10. The van der Waals surface area contributed by atoms with Crippen molar-refractivity contribution in [3.63, 3.8) is 0 Å². The average Bonchev–Trinajstić information content (AvgIpc) is 2.49. The lowest BCUT2D eigenvalue weighted by atomic mass is 10.2. The number of halogens is 1. The summed E-state index contributed by atoms with van der Waals surface area (Å²) in [6, 6.07) is 3.90. The Labute approximate surface area is 133 Å². The van der Waals surface area contributed by atoms with Crippen LogP contribution in [0.5, 0.6) is 11.5 Å². The van der Waals surface area contributed by atoms with E-state index in [1.807, 2.05) is 19.1 Å². The Hall–Kier alpha value is -0.970. The summed E-state index contributed by atoms with van der Waals surface area (Å²) < 4.78 is 10.9. The summed E-state index contributed by atoms with van der Waals surface area (Å²) in [4.78, 5) is 2.39. The van der Waals surface area contributed by atoms with Gasteiger partial charge in [0.1, 0.15) is 0 Å². The number of nitrogens with one attached hydrogen (secondary N) is 1. The van der Waals surface area contributed by atoms with Crippen molar-refractivity contribution in [1.82, 2.24) is 10.2 Å². The van der Waals surface area contributed by atoms with Crippen LogP contribution in [-0.2, 0) is 6.54 Å². The molecule has 0 saturated heterocycles. The van der Waals surface area contributed by atoms with E-state index < -0.39 is 0 Å². The standard InChI is InChI=1S/C16H27ClN2O2/c1-5-19(6-2)9-8-18-12-13-10-14(17)16(21-7-3)15(11-13)20-4/h10-11,18H,5-9,12H2,1-4H3. The molecule has 1 aromatic rings. The summed E-state index contributed by atoms with van der Waals surface area (Å²) in [6.07, 6.45) is 0. The van der Waals surface area contributed by atoms with Crippen LogP contribution in [0.3, 0.4) is 0 Å². The maximum atomic E-state index is 6.26. The largest absolute Gasteiger partial charge is 0.493 e. The van der Waals surface area contributed by atoms with Gasteiger partial charge in [0, 0.05) is 19.6 Å². The van der Waals surface area contributed by atoms with Crippen LogP contribution in [0, 0.1) is 0 Å². The molecule has 0 unspecified atom stereocenters. The van der Waals surface area contributed by atoms with Gasteiger partial charge in [0.2, 0.25) is 0 Å². The topological polar surface area (TPSA) is 33.7 Å². The molecule has 0 radical (unpaired) electrons. The van der Waals surface area contributed by atoms with Crippen LogP contribution in [0.1, 0.15) is 26.3 Å². The molecule has 0 heterocycles. The van der Waals surface area contributed by atoms with Crippen LogP contribution in [0.4, 0.5) is 0 Å². The Kier molecular flexibility index (Phi) is 8.50. The third-order valence-corrected chi connectivity index (χ3v) is 3.69. The van der Waals surface area contributed by atoms with Crippen molar-refractivity contribution in [3.05, 3.63) is 22.7 Å². The Morgan fingerprint density at radius 1 is 1.19 bits per heavy atom. The van der Waals surface area contributed by atoms with Crippen LogP contribution < -0.4 is 14.8 Å². The number of ether oxygens (including phenoxy) is 2. The number of nitrogens with zero attached hydrogens (tertiary/aromatic N) is 1. The Morgan fingerprint density at radius 3 is 2.48 bits per heavy atom. The molecular weight excluding hydrogens is 288 g/mol. The van der Waals surface area contributed by atoms with Gasteiger partial charge in [0.05, 0.1) is 18.7 Å². The van der Waals surface area contributed by atoms with Crippen LogP contribution in [-0.4, -0.2) is 44.8 Å². The van der Waals surface area contributed by atoms with Gasteiger partial charge in [0.15, 0.2) is 11.5 Å². The van der Waals surface area contributed by atoms with Gasteiger partial charge in [-0.3, -0.25) is 0 Å². The van der Waals surface area contributed by atoms with Crippen molar-refractivity contribution < 1.29 is 9.47 Å². The highest BCUT2D eigenvalue weighted by Gasteiger charge is 2.11. The van der Waals surface area contributed by atoms with Gasteiger partial charge < -0.3 is 19.7 Å². The zero-order chi connectivity index (χ0) is 15.7. The molecule has 0 aliphatic rings. The molecule has 0 aliphatic heterocycles. The molecule has 21 heavy (non-hydrogen) atoms. The van der Waals surface area contributed by atoms with Gasteiger partial charge in [0.25, 0.3) is 0 Å². The van der Waals surface area contributed by atoms with Gasteiger partial charge in [-0.25, -0.2) is 0 Å². The summed E-state index contributed by atoms with van der Waals surface area (Å²) in [5.74, 6) is 1.30. The van der Waals surface area contributed by atoms with Crippen molar-refractivity contribution in [2.75, 3.05) is 39.9 Å². The molecule has 1 N–H and O–H groups in total. The summed E-state index contributed by atoms with van der Waals surface area (Å²) >= 11 is 6.26. The molecule has 120 valence electrons. The molecule has 0 atom stereocenters. The predicted molar refractivity (Wildman–Crippen MR) is 88.7 cm³/mol. The number of benzene rings is 1.